The summed E-state index contributed by atoms with van der Waals surface area (Å²) in [6.45, 7) is 2.42. The maximum absolute atomic E-state index is 13.7. The van der Waals surface area contributed by atoms with Crippen LogP contribution >= 0.6 is 0 Å². The van der Waals surface area contributed by atoms with Gasteiger partial charge in [0.05, 0.1) is 19.3 Å². The topological polar surface area (TPSA) is 49.8 Å². The molecule has 0 aliphatic heterocycles. The normalized spacial score (nSPS) is 12.6. The third-order valence-corrected chi connectivity index (χ3v) is 2.89. The molecule has 0 fully saturated rings. The number of carbonyl (C=O) groups is 1. The molecule has 4 nitrogen and oxygen atoms in total. The molecule has 5 heteroatoms. The van der Waals surface area contributed by atoms with Crippen molar-refractivity contribution in [2.24, 2.45) is 0 Å². The molecule has 0 spiro atoms. The molecule has 0 saturated carbocycles. The zero-order valence-corrected chi connectivity index (χ0v) is 10.8. The van der Waals surface area contributed by atoms with Crippen LogP contribution < -0.4 is 0 Å². The van der Waals surface area contributed by atoms with Crippen molar-refractivity contribution in [3.63, 3.8) is 0 Å². The number of nitrogens with zero attached hydrogens (tertiary/aromatic N) is 1. The lowest BCUT2D eigenvalue weighted by Gasteiger charge is -2.22. The summed E-state index contributed by atoms with van der Waals surface area (Å²) in [5.74, 6) is -1.28. The highest BCUT2D eigenvalue weighted by atomic mass is 19.1. The van der Waals surface area contributed by atoms with Crippen LogP contribution in [0, 0.1) is 5.82 Å². The van der Waals surface area contributed by atoms with Crippen LogP contribution in [-0.2, 0) is 11.3 Å². The van der Waals surface area contributed by atoms with Gasteiger partial charge in [0.25, 0.3) is 0 Å². The monoisotopic (exact) mass is 255 g/mol. The van der Waals surface area contributed by atoms with Crippen LogP contribution in [0.15, 0.2) is 18.2 Å². The van der Waals surface area contributed by atoms with Crippen molar-refractivity contribution in [1.29, 1.82) is 0 Å². The number of hydrogen-bond donors (Lipinski definition) is 1. The molecule has 1 aromatic carbocycles. The Labute approximate surface area is 106 Å². The van der Waals surface area contributed by atoms with Gasteiger partial charge in [-0.3, -0.25) is 4.90 Å². The molecular weight excluding hydrogens is 237 g/mol. The lowest BCUT2D eigenvalue weighted by molar-refractivity contribution is 0.0595. The van der Waals surface area contributed by atoms with E-state index in [4.69, 9.17) is 5.11 Å². The van der Waals surface area contributed by atoms with Crippen molar-refractivity contribution in [2.75, 3.05) is 20.8 Å². The molecule has 0 amide bonds. The van der Waals surface area contributed by atoms with Gasteiger partial charge in [0.2, 0.25) is 0 Å². The molecule has 0 bridgehead atoms. The summed E-state index contributed by atoms with van der Waals surface area (Å²) < 4.78 is 18.1. The first-order valence-electron chi connectivity index (χ1n) is 5.67. The van der Waals surface area contributed by atoms with Crippen LogP contribution in [0.4, 0.5) is 4.39 Å². The standard InChI is InChI=1S/C13H18FNO3/c1-9(8-16)15(2)7-10-4-5-11(12(14)6-10)13(17)18-3/h4-6,9,16H,7-8H2,1-3H3. The third kappa shape index (κ3) is 3.51. The second kappa shape index (κ2) is 6.47. The van der Waals surface area contributed by atoms with E-state index in [1.807, 2.05) is 18.9 Å². The Bertz CT molecular complexity index is 423. The Balaban J connectivity index is 2.82. The first-order valence-corrected chi connectivity index (χ1v) is 5.67. The van der Waals surface area contributed by atoms with E-state index in [2.05, 4.69) is 4.74 Å². The molecule has 1 aromatic rings. The average Bonchev–Trinajstić information content (AvgIpc) is 2.37. The van der Waals surface area contributed by atoms with Crippen LogP contribution in [-0.4, -0.2) is 42.8 Å². The van der Waals surface area contributed by atoms with E-state index < -0.39 is 11.8 Å². The number of aliphatic hydroxyl groups excluding tert-OH is 1. The lowest BCUT2D eigenvalue weighted by atomic mass is 10.1. The number of methoxy groups -OCH3 is 1. The molecule has 0 aliphatic rings. The van der Waals surface area contributed by atoms with Crippen molar-refractivity contribution < 1.29 is 19.0 Å². The molecule has 0 radical (unpaired) electrons. The van der Waals surface area contributed by atoms with Gasteiger partial charge < -0.3 is 9.84 Å². The van der Waals surface area contributed by atoms with Crippen molar-refractivity contribution in [3.8, 4) is 0 Å². The van der Waals surface area contributed by atoms with Gasteiger partial charge in [-0.15, -0.1) is 0 Å². The minimum atomic E-state index is -0.684. The Kier molecular flexibility index (Phi) is 5.25. The van der Waals surface area contributed by atoms with E-state index in [0.717, 1.165) is 5.56 Å². The van der Waals surface area contributed by atoms with E-state index in [0.29, 0.717) is 6.54 Å². The molecule has 18 heavy (non-hydrogen) atoms. The number of aliphatic hydroxyl groups is 1. The van der Waals surface area contributed by atoms with E-state index >= 15 is 0 Å². The highest BCUT2D eigenvalue weighted by Gasteiger charge is 2.14. The fourth-order valence-electron chi connectivity index (χ4n) is 1.52. The fraction of sp³-hybridized carbons (Fsp3) is 0.462. The summed E-state index contributed by atoms with van der Waals surface area (Å²) in [7, 11) is 3.05. The number of likely N-dealkylation sites (N-methyl/N-ethyl adjacent to an activating group) is 1. The van der Waals surface area contributed by atoms with E-state index in [1.54, 1.807) is 6.07 Å². The Morgan fingerprint density at radius 2 is 2.22 bits per heavy atom. The minimum Gasteiger partial charge on any atom is -0.465 e. The second-order valence-corrected chi connectivity index (χ2v) is 4.25. The summed E-state index contributed by atoms with van der Waals surface area (Å²) in [5, 5.41) is 9.01. The fourth-order valence-corrected chi connectivity index (χ4v) is 1.52. The largest absolute Gasteiger partial charge is 0.465 e. The molecule has 1 unspecified atom stereocenters. The summed E-state index contributed by atoms with van der Waals surface area (Å²) >= 11 is 0. The maximum atomic E-state index is 13.7. The minimum absolute atomic E-state index is 0.00616. The number of hydrogen-bond acceptors (Lipinski definition) is 4. The maximum Gasteiger partial charge on any atom is 0.340 e. The Morgan fingerprint density at radius 3 is 2.72 bits per heavy atom. The molecule has 1 N–H and O–H groups in total. The van der Waals surface area contributed by atoms with Crippen molar-refractivity contribution >= 4 is 5.97 Å². The van der Waals surface area contributed by atoms with Crippen LogP contribution in [0.3, 0.4) is 0 Å². The molecule has 0 saturated heterocycles. The second-order valence-electron chi connectivity index (χ2n) is 4.25. The van der Waals surface area contributed by atoms with Crippen LogP contribution in [0.1, 0.15) is 22.8 Å². The van der Waals surface area contributed by atoms with Gasteiger partial charge in [0, 0.05) is 12.6 Å². The Morgan fingerprint density at radius 1 is 1.56 bits per heavy atom. The zero-order valence-electron chi connectivity index (χ0n) is 10.8. The Hall–Kier alpha value is -1.46. The van der Waals surface area contributed by atoms with Crippen LogP contribution in [0.2, 0.25) is 0 Å². The predicted octanol–water partition coefficient (Wildman–Crippen LogP) is 1.42. The van der Waals surface area contributed by atoms with Gasteiger partial charge in [-0.05, 0) is 31.7 Å². The van der Waals surface area contributed by atoms with Gasteiger partial charge in [0.1, 0.15) is 5.82 Å². The van der Waals surface area contributed by atoms with Crippen molar-refractivity contribution in [2.45, 2.75) is 19.5 Å². The number of rotatable bonds is 5. The molecule has 0 aliphatic carbocycles. The quantitative estimate of drug-likeness (QED) is 0.809. The lowest BCUT2D eigenvalue weighted by Crippen LogP contribution is -2.31. The van der Waals surface area contributed by atoms with Gasteiger partial charge in [-0.25, -0.2) is 9.18 Å². The van der Waals surface area contributed by atoms with Crippen LogP contribution in [0.5, 0.6) is 0 Å². The first kappa shape index (κ1) is 14.6. The zero-order chi connectivity index (χ0) is 13.7. The number of halogens is 1. The molecule has 100 valence electrons. The van der Waals surface area contributed by atoms with Gasteiger partial charge in [-0.1, -0.05) is 6.07 Å². The van der Waals surface area contributed by atoms with Crippen LogP contribution in [0.25, 0.3) is 0 Å². The summed E-state index contributed by atoms with van der Waals surface area (Å²) in [6.07, 6.45) is 0. The van der Waals surface area contributed by atoms with Gasteiger partial charge >= 0.3 is 5.97 Å². The molecule has 1 atom stereocenters. The predicted molar refractivity (Wildman–Crippen MR) is 65.8 cm³/mol. The molecule has 0 aromatic heterocycles. The number of benzene rings is 1. The van der Waals surface area contributed by atoms with E-state index in [9.17, 15) is 9.18 Å². The van der Waals surface area contributed by atoms with Crippen molar-refractivity contribution in [3.05, 3.63) is 35.1 Å². The number of ether oxygens (including phenoxy) is 1. The van der Waals surface area contributed by atoms with Crippen molar-refractivity contribution in [1.82, 2.24) is 4.90 Å². The van der Waals surface area contributed by atoms with E-state index in [-0.39, 0.29) is 18.2 Å². The van der Waals surface area contributed by atoms with E-state index in [1.165, 1.54) is 19.2 Å². The SMILES string of the molecule is COC(=O)c1ccc(CN(C)C(C)CO)cc1F. The smallest absolute Gasteiger partial charge is 0.340 e. The summed E-state index contributed by atoms with van der Waals surface area (Å²) in [4.78, 5) is 13.1. The summed E-state index contributed by atoms with van der Waals surface area (Å²) in [6, 6.07) is 4.39. The molecular formula is C13H18FNO3. The average molecular weight is 255 g/mol. The summed E-state index contributed by atoms with van der Waals surface area (Å²) in [5.41, 5.74) is 0.669. The molecule has 0 heterocycles. The highest BCUT2D eigenvalue weighted by molar-refractivity contribution is 5.89. The molecule has 1 rings (SSSR count). The highest BCUT2D eigenvalue weighted by Crippen LogP contribution is 2.13. The first-order chi connectivity index (χ1) is 8.49. The van der Waals surface area contributed by atoms with Gasteiger partial charge in [-0.2, -0.15) is 0 Å². The number of carbonyl (C=O) groups excluding carboxylic acids is 1. The van der Waals surface area contributed by atoms with Gasteiger partial charge in [0.15, 0.2) is 0 Å². The number of esters is 1. The third-order valence-electron chi connectivity index (χ3n) is 2.89.